The number of allylic oxidation sites excluding steroid dienone is 1. The van der Waals surface area contributed by atoms with E-state index in [9.17, 15) is 0 Å². The van der Waals surface area contributed by atoms with Crippen LogP contribution in [0.2, 0.25) is 0 Å². The van der Waals surface area contributed by atoms with Crippen molar-refractivity contribution in [2.75, 3.05) is 4.90 Å². The second kappa shape index (κ2) is 8.85. The summed E-state index contributed by atoms with van der Waals surface area (Å²) in [4.78, 5) is 2.44. The molecule has 0 N–H and O–H groups in total. The maximum absolute atomic E-state index is 2.44. The molecule has 0 fully saturated rings. The minimum absolute atomic E-state index is 1.00. The fourth-order valence-electron chi connectivity index (χ4n) is 6.46. The molecule has 7 aromatic carbocycles. The maximum atomic E-state index is 2.44. The van der Waals surface area contributed by atoms with Gasteiger partial charge in [0, 0.05) is 17.1 Å². The molecule has 8 rings (SSSR count). The summed E-state index contributed by atoms with van der Waals surface area (Å²) in [7, 11) is 0. The van der Waals surface area contributed by atoms with Crippen molar-refractivity contribution in [2.45, 2.75) is 12.8 Å². The zero-order chi connectivity index (χ0) is 25.8. The summed E-state index contributed by atoms with van der Waals surface area (Å²) in [6, 6.07) is 48.9. The van der Waals surface area contributed by atoms with Crippen molar-refractivity contribution in [2.24, 2.45) is 0 Å². The Morgan fingerprint density at radius 3 is 2.00 bits per heavy atom. The van der Waals surface area contributed by atoms with Crippen molar-refractivity contribution in [1.29, 1.82) is 0 Å². The van der Waals surface area contributed by atoms with E-state index in [-0.39, 0.29) is 0 Å². The first-order chi connectivity index (χ1) is 19.3. The van der Waals surface area contributed by atoms with Crippen molar-refractivity contribution in [3.63, 3.8) is 0 Å². The van der Waals surface area contributed by atoms with Gasteiger partial charge in [0.15, 0.2) is 0 Å². The van der Waals surface area contributed by atoms with Crippen LogP contribution in [0.15, 0.2) is 140 Å². The molecule has 7 aromatic rings. The molecule has 1 heteroatoms. The summed E-state index contributed by atoms with van der Waals surface area (Å²) in [5.74, 6) is 0. The molecule has 184 valence electrons. The Labute approximate surface area is 228 Å². The normalized spacial score (nSPS) is 13.5. The highest BCUT2D eigenvalue weighted by atomic mass is 15.2. The summed E-state index contributed by atoms with van der Waals surface area (Å²) in [6.45, 7) is 0. The highest BCUT2D eigenvalue weighted by molar-refractivity contribution is 6.25. The van der Waals surface area contributed by atoms with E-state index in [1.807, 2.05) is 0 Å². The Morgan fingerprint density at radius 2 is 1.21 bits per heavy atom. The SMILES string of the molecule is C1=C(c2ccccc2)N(c2ccccc2)c2ccc(-c3ccc4ccc5cccc6ccc3c4c56)cc2CC1. The number of hydrogen-bond donors (Lipinski definition) is 0. The van der Waals surface area contributed by atoms with Gasteiger partial charge < -0.3 is 4.90 Å². The second-order valence-electron chi connectivity index (χ2n) is 10.5. The van der Waals surface area contributed by atoms with Gasteiger partial charge in [0.2, 0.25) is 0 Å². The molecule has 1 heterocycles. The topological polar surface area (TPSA) is 3.24 Å². The van der Waals surface area contributed by atoms with Crippen molar-refractivity contribution < 1.29 is 0 Å². The zero-order valence-corrected chi connectivity index (χ0v) is 21.6. The monoisotopic (exact) mass is 497 g/mol. The molecule has 0 amide bonds. The summed E-state index contributed by atoms with van der Waals surface area (Å²) < 4.78 is 0. The fraction of sp³-hybridized carbons (Fsp3) is 0.0526. The van der Waals surface area contributed by atoms with Crippen LogP contribution < -0.4 is 4.90 Å². The average Bonchev–Trinajstić information content (AvgIpc) is 3.20. The molecule has 1 aliphatic rings. The largest absolute Gasteiger partial charge is 0.310 e. The summed E-state index contributed by atoms with van der Waals surface area (Å²) in [5, 5.41) is 7.99. The molecule has 1 aliphatic heterocycles. The molecular weight excluding hydrogens is 470 g/mol. The molecule has 0 saturated heterocycles. The van der Waals surface area contributed by atoms with E-state index >= 15 is 0 Å². The number of aryl methyl sites for hydroxylation is 1. The third-order valence-electron chi connectivity index (χ3n) is 8.24. The van der Waals surface area contributed by atoms with Crippen LogP contribution in [-0.2, 0) is 6.42 Å². The molecule has 1 nitrogen and oxygen atoms in total. The van der Waals surface area contributed by atoms with Gasteiger partial charge in [0.1, 0.15) is 0 Å². The van der Waals surface area contributed by atoms with Gasteiger partial charge in [-0.15, -0.1) is 0 Å². The van der Waals surface area contributed by atoms with Gasteiger partial charge in [0.05, 0.1) is 0 Å². The zero-order valence-electron chi connectivity index (χ0n) is 21.6. The van der Waals surface area contributed by atoms with Crippen LogP contribution in [0.3, 0.4) is 0 Å². The van der Waals surface area contributed by atoms with Crippen LogP contribution in [0.1, 0.15) is 17.5 Å². The molecule has 0 radical (unpaired) electrons. The molecular formula is C38H27N. The number of para-hydroxylation sites is 1. The highest BCUT2D eigenvalue weighted by Gasteiger charge is 2.22. The van der Waals surface area contributed by atoms with E-state index in [1.165, 1.54) is 71.6 Å². The lowest BCUT2D eigenvalue weighted by Gasteiger charge is -2.29. The quantitative estimate of drug-likeness (QED) is 0.219. The molecule has 0 spiro atoms. The molecule has 0 bridgehead atoms. The maximum Gasteiger partial charge on any atom is 0.0494 e. The third kappa shape index (κ3) is 3.55. The van der Waals surface area contributed by atoms with Crippen molar-refractivity contribution >= 4 is 49.4 Å². The number of rotatable bonds is 3. The lowest BCUT2D eigenvalue weighted by atomic mass is 9.89. The first kappa shape index (κ1) is 22.1. The van der Waals surface area contributed by atoms with E-state index in [1.54, 1.807) is 0 Å². The minimum Gasteiger partial charge on any atom is -0.310 e. The number of hydrogen-bond acceptors (Lipinski definition) is 1. The number of fused-ring (bicyclic) bond motifs is 1. The number of nitrogens with zero attached hydrogens (tertiary/aromatic N) is 1. The van der Waals surface area contributed by atoms with Crippen LogP contribution >= 0.6 is 0 Å². The van der Waals surface area contributed by atoms with E-state index in [0.29, 0.717) is 0 Å². The Balaban J connectivity index is 1.32. The molecule has 0 aliphatic carbocycles. The van der Waals surface area contributed by atoms with Gasteiger partial charge >= 0.3 is 0 Å². The lowest BCUT2D eigenvalue weighted by molar-refractivity contribution is 1.01. The predicted octanol–water partition coefficient (Wildman–Crippen LogP) is 10.4. The minimum atomic E-state index is 1.00. The van der Waals surface area contributed by atoms with Gasteiger partial charge in [-0.05, 0) is 91.7 Å². The van der Waals surface area contributed by atoms with Crippen LogP contribution in [-0.4, -0.2) is 0 Å². The first-order valence-corrected chi connectivity index (χ1v) is 13.8. The first-order valence-electron chi connectivity index (χ1n) is 13.8. The molecule has 0 unspecified atom stereocenters. The fourth-order valence-corrected chi connectivity index (χ4v) is 6.46. The standard InChI is InChI=1S/C38H27N/c1-3-9-26(10-4-1)35-16-8-13-31-25-30(21-24-36(31)39(35)32-14-5-2-6-15-32)33-22-19-29-18-17-27-11-7-12-28-20-23-34(33)38(29)37(27)28/h1-7,9-12,14-25H,8,13H2. The molecule has 0 aromatic heterocycles. The van der Waals surface area contributed by atoms with Gasteiger partial charge in [-0.25, -0.2) is 0 Å². The van der Waals surface area contributed by atoms with Crippen LogP contribution in [0.4, 0.5) is 11.4 Å². The van der Waals surface area contributed by atoms with E-state index < -0.39 is 0 Å². The van der Waals surface area contributed by atoms with E-state index in [0.717, 1.165) is 12.8 Å². The van der Waals surface area contributed by atoms with E-state index in [2.05, 4.69) is 144 Å². The summed E-state index contributed by atoms with van der Waals surface area (Å²) >= 11 is 0. The van der Waals surface area contributed by atoms with Crippen LogP contribution in [0, 0.1) is 0 Å². The summed E-state index contributed by atoms with van der Waals surface area (Å²) in [6.07, 6.45) is 4.41. The lowest BCUT2D eigenvalue weighted by Crippen LogP contribution is -2.16. The Morgan fingerprint density at radius 1 is 0.513 bits per heavy atom. The number of benzene rings is 7. The Bertz CT molecular complexity index is 1980. The number of anilines is 2. The molecule has 0 atom stereocenters. The average molecular weight is 498 g/mol. The van der Waals surface area contributed by atoms with Crippen molar-refractivity contribution in [3.8, 4) is 11.1 Å². The smallest absolute Gasteiger partial charge is 0.0494 e. The Hall–Kier alpha value is -4.88. The van der Waals surface area contributed by atoms with Gasteiger partial charge in [-0.2, -0.15) is 0 Å². The van der Waals surface area contributed by atoms with Crippen molar-refractivity contribution in [1.82, 2.24) is 0 Å². The second-order valence-corrected chi connectivity index (χ2v) is 10.5. The molecule has 0 saturated carbocycles. The third-order valence-corrected chi connectivity index (χ3v) is 8.24. The van der Waals surface area contributed by atoms with Gasteiger partial charge in [-0.3, -0.25) is 0 Å². The van der Waals surface area contributed by atoms with Crippen molar-refractivity contribution in [3.05, 3.63) is 151 Å². The van der Waals surface area contributed by atoms with Crippen LogP contribution in [0.5, 0.6) is 0 Å². The van der Waals surface area contributed by atoms with Gasteiger partial charge in [-0.1, -0.05) is 115 Å². The molecule has 39 heavy (non-hydrogen) atoms. The summed E-state index contributed by atoms with van der Waals surface area (Å²) in [5.41, 5.74) is 8.89. The van der Waals surface area contributed by atoms with Gasteiger partial charge in [0.25, 0.3) is 0 Å². The van der Waals surface area contributed by atoms with E-state index in [4.69, 9.17) is 0 Å². The highest BCUT2D eigenvalue weighted by Crippen LogP contribution is 2.43. The van der Waals surface area contributed by atoms with Crippen LogP contribution in [0.25, 0.3) is 49.1 Å². The predicted molar refractivity (Wildman–Crippen MR) is 167 cm³/mol. The Kier molecular flexibility index (Phi) is 5.03.